The standard InChI is InChI=1S/C68H30F20N6/c1-23-3-7-25(8-4-23)39-27-11-15-31(89-27)41(45-49(69)57(77)65(85)58(78)50(45)70)32-16-12-28(90-32)40(26-9-5-24(2)6-10-26)30-14-18-34(92-30)43(47-53(73)61(81)67(87)62(82)54(47)74)36-20-22-38(94-36)44(48-55(75)63(83)68(88)64(84)56(48)76)37-21-19-35(93-37)42(33-17-13-29(39)91-33)46-51(71)59(79)66(86)60(80)52(46)72/h3-22,89,91-92,94H,1-2H3. The number of aromatic nitrogens is 4. The highest BCUT2D eigenvalue weighted by atomic mass is 19.2. The normalized spacial score (nSPS) is 14.1. The first-order valence-corrected chi connectivity index (χ1v) is 27.3. The van der Waals surface area contributed by atoms with Crippen molar-refractivity contribution in [2.75, 3.05) is 0 Å². The number of rotatable bonds is 6. The molecule has 0 aliphatic carbocycles. The van der Waals surface area contributed by atoms with Gasteiger partial charge in [-0.15, -0.1) is 0 Å². The zero-order valence-corrected chi connectivity index (χ0v) is 47.0. The summed E-state index contributed by atoms with van der Waals surface area (Å²) < 4.78 is 316. The molecule has 4 N–H and O–H groups in total. The Kier molecular flexibility index (Phi) is 15.0. The first kappa shape index (κ1) is 61.7. The van der Waals surface area contributed by atoms with Gasteiger partial charge in [0.05, 0.1) is 45.1 Å². The molecule has 7 heterocycles. The molecule has 4 aromatic heterocycles. The molecule has 94 heavy (non-hydrogen) atoms. The number of aryl methyl sites for hydroxylation is 2. The maximum atomic E-state index is 16.5. The van der Waals surface area contributed by atoms with Crippen molar-refractivity contribution in [3.05, 3.63) is 338 Å². The molecule has 3 aliphatic heterocycles. The van der Waals surface area contributed by atoms with Crippen LogP contribution in [0.3, 0.4) is 0 Å². The van der Waals surface area contributed by atoms with Crippen LogP contribution in [0, 0.1) is 130 Å². The van der Waals surface area contributed by atoms with E-state index in [0.29, 0.717) is 17.2 Å². The van der Waals surface area contributed by atoms with Crippen molar-refractivity contribution >= 4 is 44.9 Å². The number of aromatic amines is 4. The largest absolute Gasteiger partial charge is 0.354 e. The third-order valence-corrected chi connectivity index (χ3v) is 15.7. The predicted octanol–water partition coefficient (Wildman–Crippen LogP) is 14.5. The van der Waals surface area contributed by atoms with Crippen molar-refractivity contribution in [1.29, 1.82) is 0 Å². The van der Waals surface area contributed by atoms with Crippen molar-refractivity contribution in [2.45, 2.75) is 13.8 Å². The summed E-state index contributed by atoms with van der Waals surface area (Å²) in [6.45, 7) is 3.37. The average molecular weight is 1310 g/mol. The maximum Gasteiger partial charge on any atom is 0.200 e. The summed E-state index contributed by atoms with van der Waals surface area (Å²) in [4.78, 5) is 19.8. The summed E-state index contributed by atoms with van der Waals surface area (Å²) in [5, 5.41) is -1.61. The van der Waals surface area contributed by atoms with Crippen LogP contribution in [0.4, 0.5) is 87.8 Å². The molecule has 0 unspecified atom stereocenters. The van der Waals surface area contributed by atoms with E-state index < -0.39 is 206 Å². The van der Waals surface area contributed by atoms with Crippen LogP contribution in [0.2, 0.25) is 0 Å². The highest BCUT2D eigenvalue weighted by Gasteiger charge is 2.37. The number of halogens is 20. The lowest BCUT2D eigenvalue weighted by Crippen LogP contribution is -2.22. The van der Waals surface area contributed by atoms with E-state index in [1.54, 1.807) is 38.1 Å². The minimum atomic E-state index is -2.70. The number of H-pyrrole nitrogens is 4. The van der Waals surface area contributed by atoms with Crippen molar-refractivity contribution in [2.24, 2.45) is 9.98 Å². The lowest BCUT2D eigenvalue weighted by molar-refractivity contribution is 0.376. The Morgan fingerprint density at radius 3 is 0.819 bits per heavy atom. The SMILES string of the molecule is Cc1ccc(C2=c3ccc([nH]3)=C(c3c(F)c(F)c(F)c(F)c3F)c3ccc([nH]3)C(c3c(F)c(F)c(F)c(F)c3F)=C3C=CC(=N3)C(c3c(F)c(F)c(F)c(F)c3F)=c3ccc([nH]3)=C(c3ccc(C)cc3)c3ccc([nH]3)C(c3c(F)c(F)c(F)c(F)c3F)=C3C=CC2=N3)cc1. The van der Waals surface area contributed by atoms with Gasteiger partial charge in [0, 0.05) is 77.6 Å². The van der Waals surface area contributed by atoms with Gasteiger partial charge in [-0.05, 0) is 97.8 Å². The van der Waals surface area contributed by atoms with Gasteiger partial charge >= 0.3 is 0 Å². The minimum Gasteiger partial charge on any atom is -0.354 e. The molecule has 10 aromatic rings. The predicted molar refractivity (Wildman–Crippen MR) is 302 cm³/mol. The van der Waals surface area contributed by atoms with Crippen molar-refractivity contribution < 1.29 is 87.8 Å². The molecule has 0 spiro atoms. The third-order valence-electron chi connectivity index (χ3n) is 15.7. The van der Waals surface area contributed by atoms with Gasteiger partial charge in [0.1, 0.15) is 0 Å². The molecular weight excluding hydrogens is 1280 g/mol. The average Bonchev–Trinajstić information content (AvgIpc) is 1.51. The van der Waals surface area contributed by atoms with Crippen LogP contribution in [0.15, 0.2) is 143 Å². The maximum absolute atomic E-state index is 16.5. The number of nitrogens with zero attached hydrogens (tertiary/aromatic N) is 2. The van der Waals surface area contributed by atoms with Gasteiger partial charge in [0.15, 0.2) is 93.1 Å². The Bertz CT molecular complexity index is 5380. The van der Waals surface area contributed by atoms with Gasteiger partial charge < -0.3 is 19.9 Å². The quantitative estimate of drug-likeness (QED) is 0.0726. The number of nitrogens with one attached hydrogen (secondary N) is 4. The Morgan fingerprint density at radius 1 is 0.223 bits per heavy atom. The van der Waals surface area contributed by atoms with Gasteiger partial charge in [-0.25, -0.2) is 97.8 Å². The first-order valence-electron chi connectivity index (χ1n) is 27.3. The highest BCUT2D eigenvalue weighted by molar-refractivity contribution is 6.31. The fourth-order valence-electron chi connectivity index (χ4n) is 11.3. The Hall–Kier alpha value is -11.2. The molecular formula is C68H30F20N6. The topological polar surface area (TPSA) is 87.9 Å². The lowest BCUT2D eigenvalue weighted by atomic mass is 9.98. The second-order valence-electron chi connectivity index (χ2n) is 21.3. The van der Waals surface area contributed by atoms with Crippen LogP contribution in [0.25, 0.3) is 33.4 Å². The fraction of sp³-hybridized carbons (Fsp3) is 0.0294. The fourth-order valence-corrected chi connectivity index (χ4v) is 11.3. The summed E-state index contributed by atoms with van der Waals surface area (Å²) in [5.41, 5.74) is -14.3. The summed E-state index contributed by atoms with van der Waals surface area (Å²) in [6, 6.07) is 20.6. The molecule has 26 heteroatoms. The van der Waals surface area contributed by atoms with E-state index in [0.717, 1.165) is 48.6 Å². The zero-order chi connectivity index (χ0) is 66.9. The number of fused-ring (bicyclic) bond motifs is 10. The van der Waals surface area contributed by atoms with Crippen LogP contribution in [0.5, 0.6) is 0 Å². The summed E-state index contributed by atoms with van der Waals surface area (Å²) in [6.07, 6.45) is 3.74. The molecule has 13 rings (SSSR count). The molecule has 0 saturated heterocycles. The molecule has 0 radical (unpaired) electrons. The van der Waals surface area contributed by atoms with Gasteiger partial charge in [-0.3, -0.25) is 0 Å². The zero-order valence-electron chi connectivity index (χ0n) is 47.0. The van der Waals surface area contributed by atoms with Crippen LogP contribution >= 0.6 is 0 Å². The highest BCUT2D eigenvalue weighted by Crippen LogP contribution is 2.42. The van der Waals surface area contributed by atoms with Crippen LogP contribution in [0.1, 0.15) is 67.3 Å². The van der Waals surface area contributed by atoms with E-state index in [9.17, 15) is 17.6 Å². The van der Waals surface area contributed by atoms with Crippen LogP contribution in [-0.4, -0.2) is 31.4 Å². The summed E-state index contributed by atoms with van der Waals surface area (Å²) in [5.74, 6) is -50.6. The van der Waals surface area contributed by atoms with Gasteiger partial charge in [0.2, 0.25) is 23.3 Å². The van der Waals surface area contributed by atoms with Crippen molar-refractivity contribution in [3.8, 4) is 0 Å². The number of hydrogen-bond acceptors (Lipinski definition) is 2. The molecule has 0 amide bonds. The number of hydrogen-bond donors (Lipinski definition) is 4. The van der Waals surface area contributed by atoms with E-state index in [2.05, 4.69) is 29.9 Å². The smallest absolute Gasteiger partial charge is 0.200 e. The van der Waals surface area contributed by atoms with E-state index in [4.69, 9.17) is 0 Å². The van der Waals surface area contributed by atoms with E-state index in [1.807, 2.05) is 0 Å². The third kappa shape index (κ3) is 9.66. The molecule has 472 valence electrons. The minimum absolute atomic E-state index is 0.0168. The second kappa shape index (κ2) is 22.9. The second-order valence-corrected chi connectivity index (χ2v) is 21.3. The Morgan fingerprint density at radius 2 is 0.468 bits per heavy atom. The summed E-state index contributed by atoms with van der Waals surface area (Å²) >= 11 is 0. The molecule has 6 nitrogen and oxygen atoms in total. The van der Waals surface area contributed by atoms with Gasteiger partial charge in [-0.1, -0.05) is 59.7 Å². The van der Waals surface area contributed by atoms with Crippen LogP contribution in [-0.2, 0) is 0 Å². The van der Waals surface area contributed by atoms with E-state index >= 15 is 70.2 Å². The number of allylic oxidation sites excluding steroid dienone is 4. The molecule has 0 saturated carbocycles. The van der Waals surface area contributed by atoms with Crippen molar-refractivity contribution in [3.63, 3.8) is 0 Å². The van der Waals surface area contributed by atoms with Crippen LogP contribution < -0.4 is 21.4 Å². The molecule has 0 fully saturated rings. The van der Waals surface area contributed by atoms with Crippen molar-refractivity contribution in [1.82, 2.24) is 19.9 Å². The van der Waals surface area contributed by atoms with Gasteiger partial charge in [0.25, 0.3) is 0 Å². The van der Waals surface area contributed by atoms with Gasteiger partial charge in [-0.2, -0.15) is 0 Å². The van der Waals surface area contributed by atoms with E-state index in [1.165, 1.54) is 42.5 Å². The summed E-state index contributed by atoms with van der Waals surface area (Å²) in [7, 11) is 0. The van der Waals surface area contributed by atoms with E-state index in [-0.39, 0.29) is 44.4 Å². The first-order chi connectivity index (χ1) is 44.8. The molecule has 12 bridgehead atoms. The monoisotopic (exact) mass is 1310 g/mol. The lowest BCUT2D eigenvalue weighted by Gasteiger charge is -2.14. The number of aliphatic imine (C=N–C) groups is 2. The molecule has 3 aliphatic rings. The Labute approximate surface area is 512 Å². The number of benzene rings is 6. The molecule has 6 aromatic carbocycles. The molecule has 0 atom stereocenters. The Balaban J connectivity index is 1.24.